The summed E-state index contributed by atoms with van der Waals surface area (Å²) in [6, 6.07) is 22.5. The topological polar surface area (TPSA) is 97.2 Å². The molecule has 0 aliphatic heterocycles. The van der Waals surface area contributed by atoms with Crippen LogP contribution < -0.4 is 9.64 Å². The number of rotatable bonds is 9. The van der Waals surface area contributed by atoms with Gasteiger partial charge in [-0.3, -0.25) is 14.3 Å². The maximum Gasteiger partial charge on any atom is 0.238 e. The van der Waals surface area contributed by atoms with Gasteiger partial charge in [0.1, 0.15) is 18.1 Å². The van der Waals surface area contributed by atoms with Crippen LogP contribution in [0.3, 0.4) is 0 Å². The van der Waals surface area contributed by atoms with Crippen LogP contribution in [-0.4, -0.2) is 40.1 Å². The molecular formula is C24H21N5O3S. The molecule has 0 atom stereocenters. The Morgan fingerprint density at radius 2 is 2.00 bits per heavy atom. The number of ether oxygens (including phenoxy) is 1. The van der Waals surface area contributed by atoms with Crippen LogP contribution in [0.2, 0.25) is 0 Å². The highest BCUT2D eigenvalue weighted by Gasteiger charge is 2.20. The fourth-order valence-electron chi connectivity index (χ4n) is 3.28. The number of hydrogen-bond acceptors (Lipinski definition) is 7. The van der Waals surface area contributed by atoms with E-state index < -0.39 is 0 Å². The van der Waals surface area contributed by atoms with Crippen LogP contribution in [-0.2, 0) is 11.3 Å². The van der Waals surface area contributed by atoms with Gasteiger partial charge in [0.05, 0.1) is 31.7 Å². The van der Waals surface area contributed by atoms with Gasteiger partial charge in [-0.2, -0.15) is 5.26 Å². The number of thioether (sulfide) groups is 1. The number of amides is 1. The lowest BCUT2D eigenvalue weighted by Gasteiger charge is -2.19. The minimum Gasteiger partial charge on any atom is -0.497 e. The van der Waals surface area contributed by atoms with E-state index in [1.807, 2.05) is 59.2 Å². The molecule has 0 unspecified atom stereocenters. The van der Waals surface area contributed by atoms with E-state index in [-0.39, 0.29) is 18.2 Å². The van der Waals surface area contributed by atoms with Gasteiger partial charge in [0.25, 0.3) is 0 Å². The number of para-hydroxylation sites is 1. The number of carbonyl (C=O) groups is 1. The lowest BCUT2D eigenvalue weighted by Crippen LogP contribution is -2.32. The fourth-order valence-corrected chi connectivity index (χ4v) is 4.09. The first kappa shape index (κ1) is 22.2. The molecule has 8 nitrogen and oxygen atoms in total. The van der Waals surface area contributed by atoms with E-state index in [1.54, 1.807) is 25.5 Å². The largest absolute Gasteiger partial charge is 0.497 e. The molecule has 166 valence electrons. The highest BCUT2D eigenvalue weighted by Crippen LogP contribution is 2.28. The van der Waals surface area contributed by atoms with Gasteiger partial charge < -0.3 is 9.15 Å². The van der Waals surface area contributed by atoms with Crippen LogP contribution in [0.4, 0.5) is 5.69 Å². The van der Waals surface area contributed by atoms with Crippen molar-refractivity contribution in [2.75, 3.05) is 24.3 Å². The zero-order valence-corrected chi connectivity index (χ0v) is 18.7. The van der Waals surface area contributed by atoms with E-state index in [4.69, 9.17) is 9.15 Å². The van der Waals surface area contributed by atoms with Crippen molar-refractivity contribution in [3.63, 3.8) is 0 Å². The number of carbonyl (C=O) groups excluding carboxylic acids is 1. The summed E-state index contributed by atoms with van der Waals surface area (Å²) in [5, 5.41) is 18.5. The second kappa shape index (κ2) is 10.5. The Balaban J connectivity index is 1.60. The number of anilines is 1. The number of nitrogens with zero attached hydrogens (tertiary/aromatic N) is 5. The third-order valence-corrected chi connectivity index (χ3v) is 5.81. The van der Waals surface area contributed by atoms with E-state index in [9.17, 15) is 10.1 Å². The predicted molar refractivity (Wildman–Crippen MR) is 125 cm³/mol. The Morgan fingerprint density at radius 3 is 2.73 bits per heavy atom. The third-order valence-electron chi connectivity index (χ3n) is 4.86. The van der Waals surface area contributed by atoms with E-state index in [1.165, 1.54) is 16.7 Å². The van der Waals surface area contributed by atoms with Crippen molar-refractivity contribution in [1.82, 2.24) is 14.8 Å². The number of aromatic nitrogens is 3. The molecule has 0 fully saturated rings. The average Bonchev–Trinajstić information content (AvgIpc) is 3.52. The summed E-state index contributed by atoms with van der Waals surface area (Å²) in [7, 11) is 1.61. The molecule has 0 aliphatic rings. The molecule has 2 heterocycles. The van der Waals surface area contributed by atoms with Crippen molar-refractivity contribution >= 4 is 23.4 Å². The van der Waals surface area contributed by atoms with Gasteiger partial charge >= 0.3 is 0 Å². The maximum atomic E-state index is 13.0. The van der Waals surface area contributed by atoms with Crippen LogP contribution in [0.15, 0.2) is 82.6 Å². The van der Waals surface area contributed by atoms with Gasteiger partial charge in [-0.1, -0.05) is 42.1 Å². The Hall–Kier alpha value is -4.03. The van der Waals surface area contributed by atoms with Crippen LogP contribution in [0.25, 0.3) is 11.4 Å². The molecule has 33 heavy (non-hydrogen) atoms. The Morgan fingerprint density at radius 1 is 1.15 bits per heavy atom. The number of furan rings is 1. The first-order valence-electron chi connectivity index (χ1n) is 10.1. The van der Waals surface area contributed by atoms with Crippen LogP contribution >= 0.6 is 11.8 Å². The second-order valence-corrected chi connectivity index (χ2v) is 7.91. The molecule has 0 radical (unpaired) electrons. The molecule has 2 aromatic heterocycles. The zero-order valence-electron chi connectivity index (χ0n) is 17.9. The zero-order chi connectivity index (χ0) is 23.0. The molecule has 0 aliphatic carbocycles. The molecule has 2 aromatic carbocycles. The molecule has 0 spiro atoms. The molecule has 9 heteroatoms. The standard InChI is InChI=1S/C24H21N5O3S/c1-31-20-10-5-7-18(15-20)23-26-27-24(29(23)16-21-11-6-14-32-21)33-17-22(30)28(13-12-25)19-8-3-2-4-9-19/h2-11,14-15H,13,16-17H2,1H3. The first-order chi connectivity index (χ1) is 16.2. The van der Waals surface area contributed by atoms with E-state index >= 15 is 0 Å². The molecule has 0 bridgehead atoms. The Labute approximate surface area is 195 Å². The molecule has 0 saturated heterocycles. The van der Waals surface area contributed by atoms with E-state index in [2.05, 4.69) is 16.3 Å². The van der Waals surface area contributed by atoms with Gasteiger partial charge in [-0.15, -0.1) is 10.2 Å². The van der Waals surface area contributed by atoms with Gasteiger partial charge in [0, 0.05) is 11.3 Å². The fraction of sp³-hybridized carbons (Fsp3) is 0.167. The van der Waals surface area contributed by atoms with Crippen molar-refractivity contribution in [3.8, 4) is 23.2 Å². The lowest BCUT2D eigenvalue weighted by molar-refractivity contribution is -0.116. The van der Waals surface area contributed by atoms with Crippen molar-refractivity contribution in [1.29, 1.82) is 5.26 Å². The number of methoxy groups -OCH3 is 1. The third kappa shape index (κ3) is 5.25. The minimum atomic E-state index is -0.191. The maximum absolute atomic E-state index is 13.0. The highest BCUT2D eigenvalue weighted by molar-refractivity contribution is 7.99. The lowest BCUT2D eigenvalue weighted by atomic mass is 10.2. The number of benzene rings is 2. The van der Waals surface area contributed by atoms with Crippen molar-refractivity contribution in [3.05, 3.63) is 78.8 Å². The normalized spacial score (nSPS) is 10.5. The minimum absolute atomic E-state index is 0.0302. The number of hydrogen-bond donors (Lipinski definition) is 0. The monoisotopic (exact) mass is 459 g/mol. The van der Waals surface area contributed by atoms with Gasteiger partial charge in [0.2, 0.25) is 5.91 Å². The summed E-state index contributed by atoms with van der Waals surface area (Å²) in [6.45, 7) is 0.376. The Bertz CT molecular complexity index is 1250. The molecular weight excluding hydrogens is 438 g/mol. The summed E-state index contributed by atoms with van der Waals surface area (Å²) < 4.78 is 12.8. The van der Waals surface area contributed by atoms with Crippen LogP contribution in [0.5, 0.6) is 5.75 Å². The SMILES string of the molecule is COc1cccc(-c2nnc(SCC(=O)N(CC#N)c3ccccc3)n2Cc2ccco2)c1. The highest BCUT2D eigenvalue weighted by atomic mass is 32.2. The van der Waals surface area contributed by atoms with E-state index in [0.29, 0.717) is 29.0 Å². The summed E-state index contributed by atoms with van der Waals surface area (Å²) in [5.41, 5.74) is 1.51. The van der Waals surface area contributed by atoms with Gasteiger partial charge in [-0.05, 0) is 36.4 Å². The van der Waals surface area contributed by atoms with E-state index in [0.717, 1.165) is 11.3 Å². The summed E-state index contributed by atoms with van der Waals surface area (Å²) in [6.07, 6.45) is 1.61. The molecule has 0 saturated carbocycles. The summed E-state index contributed by atoms with van der Waals surface area (Å²) >= 11 is 1.27. The average molecular weight is 460 g/mol. The van der Waals surface area contributed by atoms with Gasteiger partial charge in [0.15, 0.2) is 11.0 Å². The van der Waals surface area contributed by atoms with Crippen molar-refractivity contribution in [2.45, 2.75) is 11.7 Å². The van der Waals surface area contributed by atoms with Gasteiger partial charge in [-0.25, -0.2) is 0 Å². The summed E-state index contributed by atoms with van der Waals surface area (Å²) in [4.78, 5) is 14.4. The molecule has 1 amide bonds. The predicted octanol–water partition coefficient (Wildman–Crippen LogP) is 4.24. The molecule has 0 N–H and O–H groups in total. The first-order valence-corrected chi connectivity index (χ1v) is 11.1. The van der Waals surface area contributed by atoms with Crippen LogP contribution in [0.1, 0.15) is 5.76 Å². The van der Waals surface area contributed by atoms with Crippen molar-refractivity contribution in [2.24, 2.45) is 0 Å². The van der Waals surface area contributed by atoms with Crippen molar-refractivity contribution < 1.29 is 13.9 Å². The Kier molecular flexibility index (Phi) is 7.07. The molecule has 4 aromatic rings. The molecule has 4 rings (SSSR count). The second-order valence-electron chi connectivity index (χ2n) is 6.97. The number of nitriles is 1. The quantitative estimate of drug-likeness (QED) is 0.273. The smallest absolute Gasteiger partial charge is 0.238 e. The van der Waals surface area contributed by atoms with Crippen LogP contribution in [0, 0.1) is 11.3 Å². The summed E-state index contributed by atoms with van der Waals surface area (Å²) in [5.74, 6) is 1.99.